The van der Waals surface area contributed by atoms with E-state index >= 15 is 0 Å². The number of rotatable bonds is 2. The Morgan fingerprint density at radius 2 is 2.05 bits per heavy atom. The first kappa shape index (κ1) is 13.2. The van der Waals surface area contributed by atoms with Gasteiger partial charge < -0.3 is 5.11 Å². The van der Waals surface area contributed by atoms with Gasteiger partial charge in [-0.05, 0) is 12.1 Å². The molecule has 0 saturated heterocycles. The Kier molecular flexibility index (Phi) is 2.71. The second kappa shape index (κ2) is 4.33. The molecule has 108 valence electrons. The van der Waals surface area contributed by atoms with Crippen LogP contribution in [-0.2, 0) is 6.18 Å². The van der Waals surface area contributed by atoms with Crippen molar-refractivity contribution in [3.8, 4) is 5.82 Å². The lowest BCUT2D eigenvalue weighted by atomic mass is 10.2. The molecule has 0 radical (unpaired) electrons. The van der Waals surface area contributed by atoms with Gasteiger partial charge in [-0.2, -0.15) is 18.3 Å². The Morgan fingerprint density at radius 3 is 2.71 bits per heavy atom. The summed E-state index contributed by atoms with van der Waals surface area (Å²) in [4.78, 5) is 14.9. The van der Waals surface area contributed by atoms with Crippen molar-refractivity contribution in [1.29, 1.82) is 0 Å². The van der Waals surface area contributed by atoms with Gasteiger partial charge in [-0.15, -0.1) is 0 Å². The minimum absolute atomic E-state index is 0.0461. The predicted octanol–water partition coefficient (Wildman–Crippen LogP) is 2.24. The number of fused-ring (bicyclic) bond motifs is 1. The Balaban J connectivity index is 2.33. The van der Waals surface area contributed by atoms with E-state index in [1.54, 1.807) is 6.07 Å². The summed E-state index contributed by atoms with van der Waals surface area (Å²) in [6.07, 6.45) is -1.28. The average molecular weight is 296 g/mol. The van der Waals surface area contributed by atoms with E-state index in [9.17, 15) is 18.0 Å². The number of aromatic nitrogens is 4. The van der Waals surface area contributed by atoms with Crippen molar-refractivity contribution in [1.82, 2.24) is 19.2 Å². The van der Waals surface area contributed by atoms with E-state index in [0.717, 1.165) is 0 Å². The molecule has 0 aliphatic rings. The molecule has 3 aromatic heterocycles. The maximum Gasteiger partial charge on any atom is 0.434 e. The highest BCUT2D eigenvalue weighted by molar-refractivity contribution is 5.89. The van der Waals surface area contributed by atoms with Gasteiger partial charge in [0.1, 0.15) is 17.0 Å². The molecule has 0 fully saturated rings. The molecule has 0 atom stereocenters. The SMILES string of the molecule is O=C(O)c1cnn(-c2cccc3nccn23)c1C(F)(F)F. The first-order chi connectivity index (χ1) is 9.89. The fourth-order valence-corrected chi connectivity index (χ4v) is 2.06. The second-order valence-electron chi connectivity index (χ2n) is 4.16. The van der Waals surface area contributed by atoms with Crippen molar-refractivity contribution in [3.05, 3.63) is 48.0 Å². The summed E-state index contributed by atoms with van der Waals surface area (Å²) >= 11 is 0. The molecule has 0 bridgehead atoms. The summed E-state index contributed by atoms with van der Waals surface area (Å²) in [6.45, 7) is 0. The van der Waals surface area contributed by atoms with E-state index < -0.39 is 23.4 Å². The van der Waals surface area contributed by atoms with Crippen molar-refractivity contribution in [2.45, 2.75) is 6.18 Å². The highest BCUT2D eigenvalue weighted by Crippen LogP contribution is 2.33. The van der Waals surface area contributed by atoms with Crippen molar-refractivity contribution in [2.75, 3.05) is 0 Å². The summed E-state index contributed by atoms with van der Waals surface area (Å²) in [5.41, 5.74) is -1.82. The van der Waals surface area contributed by atoms with Crippen LogP contribution in [0.2, 0.25) is 0 Å². The number of carbonyl (C=O) groups is 1. The van der Waals surface area contributed by atoms with Gasteiger partial charge in [-0.25, -0.2) is 14.5 Å². The van der Waals surface area contributed by atoms with Gasteiger partial charge in [0.2, 0.25) is 0 Å². The lowest BCUT2D eigenvalue weighted by Crippen LogP contribution is -2.18. The van der Waals surface area contributed by atoms with E-state index in [1.165, 1.54) is 28.9 Å². The molecular weight excluding hydrogens is 289 g/mol. The normalized spacial score (nSPS) is 12.0. The summed E-state index contributed by atoms with van der Waals surface area (Å²) < 4.78 is 41.4. The lowest BCUT2D eigenvalue weighted by molar-refractivity contribution is -0.143. The standard InChI is InChI=1S/C12H7F3N4O2/c13-12(14,15)10-7(11(20)21)6-17-19(10)9-3-1-2-8-16-4-5-18(8)9/h1-6H,(H,20,21). The smallest absolute Gasteiger partial charge is 0.434 e. The molecule has 21 heavy (non-hydrogen) atoms. The molecular formula is C12H7F3N4O2. The number of pyridine rings is 1. The van der Waals surface area contributed by atoms with E-state index in [1.807, 2.05) is 0 Å². The molecule has 0 aromatic carbocycles. The molecule has 3 heterocycles. The fraction of sp³-hybridized carbons (Fsp3) is 0.0833. The zero-order chi connectivity index (χ0) is 15.2. The van der Waals surface area contributed by atoms with Crippen LogP contribution >= 0.6 is 0 Å². The second-order valence-corrected chi connectivity index (χ2v) is 4.16. The number of nitrogens with zero attached hydrogens (tertiary/aromatic N) is 4. The molecule has 0 unspecified atom stereocenters. The van der Waals surface area contributed by atoms with Crippen LogP contribution in [0.4, 0.5) is 13.2 Å². The molecule has 0 aliphatic carbocycles. The number of hydrogen-bond donors (Lipinski definition) is 1. The van der Waals surface area contributed by atoms with Gasteiger partial charge in [0, 0.05) is 12.4 Å². The topological polar surface area (TPSA) is 72.4 Å². The fourth-order valence-electron chi connectivity index (χ4n) is 2.06. The molecule has 0 saturated carbocycles. The summed E-state index contributed by atoms with van der Waals surface area (Å²) in [6, 6.07) is 4.51. The van der Waals surface area contributed by atoms with Crippen LogP contribution in [0, 0.1) is 0 Å². The van der Waals surface area contributed by atoms with Gasteiger partial charge >= 0.3 is 12.1 Å². The zero-order valence-corrected chi connectivity index (χ0v) is 10.2. The van der Waals surface area contributed by atoms with Gasteiger partial charge in [0.05, 0.1) is 6.20 Å². The Hall–Kier alpha value is -2.84. The van der Waals surface area contributed by atoms with Crippen molar-refractivity contribution >= 4 is 11.6 Å². The predicted molar refractivity (Wildman–Crippen MR) is 64.3 cm³/mol. The summed E-state index contributed by atoms with van der Waals surface area (Å²) in [5, 5.41) is 12.5. The molecule has 3 rings (SSSR count). The minimum atomic E-state index is -4.85. The third-order valence-corrected chi connectivity index (χ3v) is 2.89. The first-order valence-corrected chi connectivity index (χ1v) is 5.70. The van der Waals surface area contributed by atoms with Crippen molar-refractivity contribution in [2.24, 2.45) is 0 Å². The number of carboxylic acid groups (broad SMARTS) is 1. The van der Waals surface area contributed by atoms with E-state index in [0.29, 0.717) is 16.5 Å². The van der Waals surface area contributed by atoms with Crippen molar-refractivity contribution < 1.29 is 23.1 Å². The van der Waals surface area contributed by atoms with Gasteiger partial charge in [0.15, 0.2) is 5.69 Å². The molecule has 0 spiro atoms. The Labute approximate surface area is 115 Å². The van der Waals surface area contributed by atoms with E-state index in [2.05, 4.69) is 10.1 Å². The lowest BCUT2D eigenvalue weighted by Gasteiger charge is -2.12. The molecule has 6 nitrogen and oxygen atoms in total. The summed E-state index contributed by atoms with van der Waals surface area (Å²) in [7, 11) is 0. The maximum absolute atomic E-state index is 13.2. The van der Waals surface area contributed by atoms with Gasteiger partial charge in [0.25, 0.3) is 0 Å². The van der Waals surface area contributed by atoms with Crippen LogP contribution in [0.5, 0.6) is 0 Å². The summed E-state index contributed by atoms with van der Waals surface area (Å²) in [5.74, 6) is -1.64. The zero-order valence-electron chi connectivity index (χ0n) is 10.2. The molecule has 3 aromatic rings. The first-order valence-electron chi connectivity index (χ1n) is 5.70. The number of hydrogen-bond acceptors (Lipinski definition) is 3. The molecule has 0 aliphatic heterocycles. The highest BCUT2D eigenvalue weighted by atomic mass is 19.4. The van der Waals surface area contributed by atoms with Crippen LogP contribution in [0.15, 0.2) is 36.8 Å². The van der Waals surface area contributed by atoms with Gasteiger partial charge in [-0.1, -0.05) is 6.07 Å². The monoisotopic (exact) mass is 296 g/mol. The number of halogens is 3. The quantitative estimate of drug-likeness (QED) is 0.787. The third-order valence-electron chi connectivity index (χ3n) is 2.89. The van der Waals surface area contributed by atoms with Crippen LogP contribution in [-0.4, -0.2) is 30.2 Å². The van der Waals surface area contributed by atoms with Gasteiger partial charge in [-0.3, -0.25) is 4.40 Å². The number of imidazole rings is 1. The Morgan fingerprint density at radius 1 is 1.29 bits per heavy atom. The highest BCUT2D eigenvalue weighted by Gasteiger charge is 2.41. The van der Waals surface area contributed by atoms with E-state index in [4.69, 9.17) is 5.11 Å². The van der Waals surface area contributed by atoms with Crippen molar-refractivity contribution in [3.63, 3.8) is 0 Å². The molecule has 0 amide bonds. The Bertz CT molecular complexity index is 835. The van der Waals surface area contributed by atoms with E-state index in [-0.39, 0.29) is 5.82 Å². The van der Waals surface area contributed by atoms with Crippen LogP contribution in [0.25, 0.3) is 11.5 Å². The third kappa shape index (κ3) is 2.02. The van der Waals surface area contributed by atoms with Crippen LogP contribution < -0.4 is 0 Å². The number of carboxylic acids is 1. The largest absolute Gasteiger partial charge is 0.478 e. The maximum atomic E-state index is 13.2. The average Bonchev–Trinajstić information content (AvgIpc) is 3.04. The number of aromatic carboxylic acids is 1. The molecule has 1 N–H and O–H groups in total. The minimum Gasteiger partial charge on any atom is -0.478 e. The van der Waals surface area contributed by atoms with Crippen LogP contribution in [0.1, 0.15) is 16.1 Å². The number of alkyl halides is 3. The van der Waals surface area contributed by atoms with Crippen LogP contribution in [0.3, 0.4) is 0 Å². The molecule has 9 heteroatoms.